The molecule has 0 radical (unpaired) electrons. The van der Waals surface area contributed by atoms with Gasteiger partial charge in [0.2, 0.25) is 5.91 Å². The van der Waals surface area contributed by atoms with Crippen LogP contribution in [0.5, 0.6) is 5.75 Å². The Kier molecular flexibility index (Phi) is 8.59. The van der Waals surface area contributed by atoms with Crippen molar-refractivity contribution in [3.8, 4) is 5.75 Å². The molecule has 0 spiro atoms. The first kappa shape index (κ1) is 23.1. The summed E-state index contributed by atoms with van der Waals surface area (Å²) >= 11 is 0. The second-order valence-corrected chi connectivity index (χ2v) is 7.43. The molecule has 0 atom stereocenters. The molecule has 6 nitrogen and oxygen atoms in total. The molecule has 2 aromatic rings. The van der Waals surface area contributed by atoms with E-state index in [0.29, 0.717) is 18.7 Å². The highest BCUT2D eigenvalue weighted by Crippen LogP contribution is 2.25. The Hall–Kier alpha value is -3.15. The van der Waals surface area contributed by atoms with Gasteiger partial charge in [0.05, 0.1) is 0 Å². The molecule has 6 heteroatoms. The van der Waals surface area contributed by atoms with Crippen LogP contribution in [-0.4, -0.2) is 37.3 Å². The van der Waals surface area contributed by atoms with Gasteiger partial charge < -0.3 is 15.4 Å². The van der Waals surface area contributed by atoms with Gasteiger partial charge in [0.1, 0.15) is 5.75 Å². The van der Waals surface area contributed by atoms with E-state index in [2.05, 4.69) is 10.6 Å². The van der Waals surface area contributed by atoms with Crippen LogP contribution in [0, 0.1) is 27.7 Å². The molecule has 0 heterocycles. The lowest BCUT2D eigenvalue weighted by atomic mass is 10.1. The normalized spacial score (nSPS) is 10.4. The lowest BCUT2D eigenvalue weighted by molar-refractivity contribution is -0.124. The number of aryl methyl sites for hydroxylation is 3. The van der Waals surface area contributed by atoms with Crippen LogP contribution in [0.4, 0.5) is 0 Å². The number of hydrogen-bond donors (Lipinski definition) is 2. The highest BCUT2D eigenvalue weighted by atomic mass is 16.5. The highest BCUT2D eigenvalue weighted by Gasteiger charge is 2.11. The Morgan fingerprint density at radius 3 is 2.03 bits per heavy atom. The van der Waals surface area contributed by atoms with E-state index < -0.39 is 0 Å². The number of ketones is 1. The second kappa shape index (κ2) is 11.1. The lowest BCUT2D eigenvalue weighted by Crippen LogP contribution is -2.36. The lowest BCUT2D eigenvalue weighted by Gasteiger charge is -2.14. The number of carbonyl (C=O) groups excluding carboxylic acids is 3. The zero-order chi connectivity index (χ0) is 22.1. The summed E-state index contributed by atoms with van der Waals surface area (Å²) in [6.07, 6.45) is 0.278. The summed E-state index contributed by atoms with van der Waals surface area (Å²) in [5.41, 5.74) is 4.81. The molecule has 2 aromatic carbocycles. The minimum absolute atomic E-state index is 0.0580. The zero-order valence-electron chi connectivity index (χ0n) is 18.1. The monoisotopic (exact) mass is 410 g/mol. The molecule has 30 heavy (non-hydrogen) atoms. The largest absolute Gasteiger partial charge is 0.483 e. The molecule has 2 amide bonds. The molecule has 0 fully saturated rings. The van der Waals surface area contributed by atoms with Crippen LogP contribution in [0.1, 0.15) is 45.5 Å². The number of carbonyl (C=O) groups is 3. The van der Waals surface area contributed by atoms with E-state index in [0.717, 1.165) is 28.0 Å². The van der Waals surface area contributed by atoms with E-state index in [1.807, 2.05) is 52.0 Å². The first-order valence-corrected chi connectivity index (χ1v) is 10.1. The fourth-order valence-corrected chi connectivity index (χ4v) is 2.94. The van der Waals surface area contributed by atoms with Gasteiger partial charge >= 0.3 is 0 Å². The summed E-state index contributed by atoms with van der Waals surface area (Å²) in [5, 5.41) is 5.42. The average molecular weight is 411 g/mol. The van der Waals surface area contributed by atoms with Gasteiger partial charge in [0.15, 0.2) is 12.4 Å². The SMILES string of the molecule is Cc1ccc(C(=O)CCC(=O)NCCNC(=O)COc2c(C)ccc(C)c2C)cc1. The second-order valence-electron chi connectivity index (χ2n) is 7.43. The number of Topliss-reactive ketones (excluding diaryl/α,β-unsaturated/α-hetero) is 1. The number of nitrogens with one attached hydrogen (secondary N) is 2. The summed E-state index contributed by atoms with van der Waals surface area (Å²) in [4.78, 5) is 36.0. The van der Waals surface area contributed by atoms with Crippen LogP contribution in [0.15, 0.2) is 36.4 Å². The molecule has 160 valence electrons. The van der Waals surface area contributed by atoms with Crippen molar-refractivity contribution in [2.24, 2.45) is 0 Å². The van der Waals surface area contributed by atoms with Gasteiger partial charge in [-0.1, -0.05) is 42.0 Å². The molecule has 0 aliphatic heterocycles. The summed E-state index contributed by atoms with van der Waals surface area (Å²) in [7, 11) is 0. The van der Waals surface area contributed by atoms with E-state index in [-0.39, 0.29) is 37.0 Å². The Balaban J connectivity index is 1.63. The molecule has 0 aromatic heterocycles. The third-order valence-corrected chi connectivity index (χ3v) is 4.94. The van der Waals surface area contributed by atoms with Gasteiger partial charge in [-0.15, -0.1) is 0 Å². The van der Waals surface area contributed by atoms with E-state index >= 15 is 0 Å². The van der Waals surface area contributed by atoms with Gasteiger partial charge in [0, 0.05) is 31.5 Å². The Morgan fingerprint density at radius 2 is 1.37 bits per heavy atom. The number of rotatable bonds is 10. The number of amides is 2. The summed E-state index contributed by atoms with van der Waals surface area (Å²) in [5.74, 6) is 0.208. The van der Waals surface area contributed by atoms with E-state index in [4.69, 9.17) is 4.74 Å². The Labute approximate surface area is 178 Å². The van der Waals surface area contributed by atoms with Crippen molar-refractivity contribution >= 4 is 17.6 Å². The third-order valence-electron chi connectivity index (χ3n) is 4.94. The standard InChI is InChI=1S/C24H30N2O4/c1-16-5-9-20(10-6-16)21(27)11-12-22(28)25-13-14-26-23(29)15-30-24-18(3)8-7-17(2)19(24)4/h5-10H,11-15H2,1-4H3,(H,25,28)(H,26,29). The molecule has 0 aliphatic rings. The van der Waals surface area contributed by atoms with Gasteiger partial charge in [0.25, 0.3) is 5.91 Å². The fraction of sp³-hybridized carbons (Fsp3) is 0.375. The third kappa shape index (κ3) is 7.03. The molecule has 2 N–H and O–H groups in total. The highest BCUT2D eigenvalue weighted by molar-refractivity contribution is 5.97. The molecule has 0 bridgehead atoms. The maximum Gasteiger partial charge on any atom is 0.258 e. The first-order chi connectivity index (χ1) is 14.3. The quantitative estimate of drug-likeness (QED) is 0.465. The van der Waals surface area contributed by atoms with Crippen molar-refractivity contribution in [2.75, 3.05) is 19.7 Å². The molecule has 0 saturated carbocycles. The Bertz CT molecular complexity index is 904. The number of hydrogen-bond acceptors (Lipinski definition) is 4. The fourth-order valence-electron chi connectivity index (χ4n) is 2.94. The van der Waals surface area contributed by atoms with Crippen molar-refractivity contribution in [3.63, 3.8) is 0 Å². The van der Waals surface area contributed by atoms with Crippen LogP contribution < -0.4 is 15.4 Å². The van der Waals surface area contributed by atoms with Crippen LogP contribution in [0.3, 0.4) is 0 Å². The Morgan fingerprint density at radius 1 is 0.767 bits per heavy atom. The van der Waals surface area contributed by atoms with E-state index in [1.165, 1.54) is 0 Å². The van der Waals surface area contributed by atoms with Crippen LogP contribution in [0.25, 0.3) is 0 Å². The molecule has 0 unspecified atom stereocenters. The summed E-state index contributed by atoms with van der Waals surface area (Å²) in [6.45, 7) is 8.38. The predicted molar refractivity (Wildman–Crippen MR) is 117 cm³/mol. The van der Waals surface area contributed by atoms with Crippen molar-refractivity contribution in [3.05, 3.63) is 64.2 Å². The minimum Gasteiger partial charge on any atom is -0.483 e. The maximum absolute atomic E-state index is 12.1. The van der Waals surface area contributed by atoms with Crippen molar-refractivity contribution in [1.82, 2.24) is 10.6 Å². The van der Waals surface area contributed by atoms with Crippen LogP contribution in [0.2, 0.25) is 0 Å². The predicted octanol–water partition coefficient (Wildman–Crippen LogP) is 3.19. The molecule has 0 aliphatic carbocycles. The van der Waals surface area contributed by atoms with Gasteiger partial charge in [-0.2, -0.15) is 0 Å². The maximum atomic E-state index is 12.1. The average Bonchev–Trinajstić information content (AvgIpc) is 2.72. The summed E-state index contributed by atoms with van der Waals surface area (Å²) < 4.78 is 5.67. The molecular weight excluding hydrogens is 380 g/mol. The van der Waals surface area contributed by atoms with Crippen molar-refractivity contribution in [2.45, 2.75) is 40.5 Å². The van der Waals surface area contributed by atoms with Crippen molar-refractivity contribution < 1.29 is 19.1 Å². The topological polar surface area (TPSA) is 84.5 Å². The first-order valence-electron chi connectivity index (χ1n) is 10.1. The summed E-state index contributed by atoms with van der Waals surface area (Å²) in [6, 6.07) is 11.3. The van der Waals surface area contributed by atoms with Gasteiger partial charge in [-0.05, 0) is 44.4 Å². The molecular formula is C24H30N2O4. The smallest absolute Gasteiger partial charge is 0.258 e. The van der Waals surface area contributed by atoms with Crippen LogP contribution >= 0.6 is 0 Å². The minimum atomic E-state index is -0.251. The van der Waals surface area contributed by atoms with E-state index in [9.17, 15) is 14.4 Å². The van der Waals surface area contributed by atoms with E-state index in [1.54, 1.807) is 12.1 Å². The van der Waals surface area contributed by atoms with Gasteiger partial charge in [-0.3, -0.25) is 14.4 Å². The molecule has 0 saturated heterocycles. The van der Waals surface area contributed by atoms with Crippen LogP contribution in [-0.2, 0) is 9.59 Å². The van der Waals surface area contributed by atoms with Crippen molar-refractivity contribution in [1.29, 1.82) is 0 Å². The zero-order valence-corrected chi connectivity index (χ0v) is 18.1. The number of benzene rings is 2. The van der Waals surface area contributed by atoms with Gasteiger partial charge in [-0.25, -0.2) is 0 Å². The molecule has 2 rings (SSSR count). The number of ether oxygens (including phenoxy) is 1.